The molecule has 7 heteroatoms. The number of amides is 1. The summed E-state index contributed by atoms with van der Waals surface area (Å²) in [6.45, 7) is 2.42. The number of hydrogen-bond acceptors (Lipinski definition) is 5. The standard InChI is InChI=1S/C13H13N5OS/c1-9-8-20-12(15-9)7-17(2)13(19)10-6-11-14-4-3-5-18(11)16-10/h3-6,8H,7H2,1-2H3. The maximum Gasteiger partial charge on any atom is 0.274 e. The van der Waals surface area contributed by atoms with E-state index < -0.39 is 0 Å². The first kappa shape index (κ1) is 12.7. The lowest BCUT2D eigenvalue weighted by Gasteiger charge is -2.13. The van der Waals surface area contributed by atoms with Crippen LogP contribution in [0.15, 0.2) is 29.9 Å². The molecule has 1 amide bonds. The minimum Gasteiger partial charge on any atom is -0.334 e. The van der Waals surface area contributed by atoms with Gasteiger partial charge in [0.25, 0.3) is 5.91 Å². The summed E-state index contributed by atoms with van der Waals surface area (Å²) in [5.74, 6) is -0.136. The summed E-state index contributed by atoms with van der Waals surface area (Å²) in [7, 11) is 1.75. The monoisotopic (exact) mass is 287 g/mol. The van der Waals surface area contributed by atoms with Crippen molar-refractivity contribution in [2.24, 2.45) is 0 Å². The number of nitrogens with zero attached hydrogens (tertiary/aromatic N) is 5. The van der Waals surface area contributed by atoms with Gasteiger partial charge in [-0.15, -0.1) is 11.3 Å². The lowest BCUT2D eigenvalue weighted by molar-refractivity contribution is 0.0778. The highest BCUT2D eigenvalue weighted by Crippen LogP contribution is 2.13. The molecule has 0 bridgehead atoms. The highest BCUT2D eigenvalue weighted by atomic mass is 32.1. The highest BCUT2D eigenvalue weighted by Gasteiger charge is 2.17. The molecule has 0 spiro atoms. The fourth-order valence-corrected chi connectivity index (χ4v) is 2.70. The molecule has 0 saturated heterocycles. The number of thiazole rings is 1. The zero-order valence-corrected chi connectivity index (χ0v) is 12.0. The normalized spacial score (nSPS) is 10.9. The van der Waals surface area contributed by atoms with E-state index in [9.17, 15) is 4.79 Å². The Hall–Kier alpha value is -2.28. The van der Waals surface area contributed by atoms with Crippen LogP contribution in [0.3, 0.4) is 0 Å². The van der Waals surface area contributed by atoms with Crippen LogP contribution in [0.2, 0.25) is 0 Å². The Labute approximate surface area is 119 Å². The van der Waals surface area contributed by atoms with E-state index >= 15 is 0 Å². The van der Waals surface area contributed by atoms with Crippen LogP contribution in [0.1, 0.15) is 21.2 Å². The van der Waals surface area contributed by atoms with Crippen molar-refractivity contribution >= 4 is 22.9 Å². The molecule has 3 aromatic heterocycles. The maximum atomic E-state index is 12.3. The van der Waals surface area contributed by atoms with Crippen LogP contribution >= 0.6 is 11.3 Å². The first-order valence-corrected chi connectivity index (χ1v) is 6.98. The largest absolute Gasteiger partial charge is 0.334 e. The van der Waals surface area contributed by atoms with Crippen molar-refractivity contribution < 1.29 is 4.79 Å². The molecule has 6 nitrogen and oxygen atoms in total. The van der Waals surface area contributed by atoms with Crippen molar-refractivity contribution in [3.8, 4) is 0 Å². The second-order valence-corrected chi connectivity index (χ2v) is 5.44. The first-order valence-electron chi connectivity index (χ1n) is 6.10. The number of carbonyl (C=O) groups is 1. The van der Waals surface area contributed by atoms with Gasteiger partial charge in [0, 0.05) is 36.6 Å². The third kappa shape index (κ3) is 2.39. The molecule has 0 N–H and O–H groups in total. The van der Waals surface area contributed by atoms with Crippen molar-refractivity contribution in [2.75, 3.05) is 7.05 Å². The van der Waals surface area contributed by atoms with E-state index in [1.54, 1.807) is 52.3 Å². The SMILES string of the molecule is Cc1csc(CN(C)C(=O)c2cc3ncccn3n2)n1. The predicted octanol–water partition coefficient (Wildman–Crippen LogP) is 1.77. The molecule has 0 atom stereocenters. The van der Waals surface area contributed by atoms with E-state index in [0.717, 1.165) is 10.7 Å². The molecule has 20 heavy (non-hydrogen) atoms. The Kier molecular flexibility index (Phi) is 3.19. The average Bonchev–Trinajstić information content (AvgIpc) is 3.03. The average molecular weight is 287 g/mol. The van der Waals surface area contributed by atoms with Crippen LogP contribution in [-0.2, 0) is 6.54 Å². The van der Waals surface area contributed by atoms with Gasteiger partial charge in [-0.3, -0.25) is 4.79 Å². The van der Waals surface area contributed by atoms with Gasteiger partial charge in [0.15, 0.2) is 11.3 Å². The van der Waals surface area contributed by atoms with Crippen molar-refractivity contribution in [3.63, 3.8) is 0 Å². The van der Waals surface area contributed by atoms with E-state index in [1.165, 1.54) is 0 Å². The number of carbonyl (C=O) groups excluding carboxylic acids is 1. The Morgan fingerprint density at radius 3 is 3.05 bits per heavy atom. The Bertz CT molecular complexity index is 730. The van der Waals surface area contributed by atoms with Crippen LogP contribution in [0.4, 0.5) is 0 Å². The number of fused-ring (bicyclic) bond motifs is 1. The van der Waals surface area contributed by atoms with Crippen LogP contribution in [0.5, 0.6) is 0 Å². The van der Waals surface area contributed by atoms with E-state index in [2.05, 4.69) is 15.1 Å². The van der Waals surface area contributed by atoms with E-state index in [4.69, 9.17) is 0 Å². The summed E-state index contributed by atoms with van der Waals surface area (Å²) < 4.78 is 1.59. The number of aromatic nitrogens is 4. The number of rotatable bonds is 3. The molecule has 0 unspecified atom stereocenters. The molecule has 3 rings (SSSR count). The lowest BCUT2D eigenvalue weighted by atomic mass is 10.3. The Morgan fingerprint density at radius 2 is 2.35 bits per heavy atom. The molecular formula is C13H13N5OS. The third-order valence-electron chi connectivity index (χ3n) is 2.84. The van der Waals surface area contributed by atoms with Crippen LogP contribution in [0.25, 0.3) is 5.65 Å². The molecule has 3 aromatic rings. The minimum absolute atomic E-state index is 0.136. The molecular weight excluding hydrogens is 274 g/mol. The van der Waals surface area contributed by atoms with Crippen molar-refractivity contribution in [1.29, 1.82) is 0 Å². The zero-order valence-electron chi connectivity index (χ0n) is 11.1. The van der Waals surface area contributed by atoms with Crippen molar-refractivity contribution in [3.05, 3.63) is 46.3 Å². The smallest absolute Gasteiger partial charge is 0.274 e. The third-order valence-corrected chi connectivity index (χ3v) is 3.79. The Balaban J connectivity index is 1.80. The van der Waals surface area contributed by atoms with Crippen LogP contribution in [-0.4, -0.2) is 37.4 Å². The predicted molar refractivity (Wildman–Crippen MR) is 75.6 cm³/mol. The fourth-order valence-electron chi connectivity index (χ4n) is 1.88. The van der Waals surface area contributed by atoms with Gasteiger partial charge < -0.3 is 4.90 Å². The first-order chi connectivity index (χ1) is 9.63. The summed E-state index contributed by atoms with van der Waals surface area (Å²) in [6.07, 6.45) is 3.44. The molecule has 0 aliphatic rings. The topological polar surface area (TPSA) is 63.4 Å². The molecule has 0 aliphatic carbocycles. The molecule has 0 fully saturated rings. The summed E-state index contributed by atoms with van der Waals surface area (Å²) >= 11 is 1.55. The Morgan fingerprint density at radius 1 is 1.50 bits per heavy atom. The summed E-state index contributed by atoms with van der Waals surface area (Å²) in [6, 6.07) is 3.46. The molecule has 0 saturated carbocycles. The van der Waals surface area contributed by atoms with Gasteiger partial charge in [-0.2, -0.15) is 5.10 Å². The van der Waals surface area contributed by atoms with E-state index in [-0.39, 0.29) is 5.91 Å². The van der Waals surface area contributed by atoms with Gasteiger partial charge in [0.1, 0.15) is 5.01 Å². The maximum absolute atomic E-state index is 12.3. The van der Waals surface area contributed by atoms with Crippen molar-refractivity contribution in [2.45, 2.75) is 13.5 Å². The van der Waals surface area contributed by atoms with Gasteiger partial charge in [-0.25, -0.2) is 14.5 Å². The van der Waals surface area contributed by atoms with Gasteiger partial charge in [0.2, 0.25) is 0 Å². The lowest BCUT2D eigenvalue weighted by Crippen LogP contribution is -2.26. The van der Waals surface area contributed by atoms with Gasteiger partial charge in [-0.05, 0) is 13.0 Å². The van der Waals surface area contributed by atoms with Crippen molar-refractivity contribution in [1.82, 2.24) is 24.5 Å². The number of aryl methyl sites for hydroxylation is 1. The minimum atomic E-state index is -0.136. The number of hydrogen-bond donors (Lipinski definition) is 0. The van der Waals surface area contributed by atoms with E-state index in [1.807, 2.05) is 12.3 Å². The summed E-state index contributed by atoms with van der Waals surface area (Å²) in [5, 5.41) is 7.12. The molecule has 3 heterocycles. The molecule has 102 valence electrons. The fraction of sp³-hybridized carbons (Fsp3) is 0.231. The second-order valence-electron chi connectivity index (χ2n) is 4.50. The summed E-state index contributed by atoms with van der Waals surface area (Å²) in [5.41, 5.74) is 2.02. The van der Waals surface area contributed by atoms with E-state index in [0.29, 0.717) is 17.9 Å². The molecule has 0 aromatic carbocycles. The van der Waals surface area contributed by atoms with Gasteiger partial charge >= 0.3 is 0 Å². The summed E-state index contributed by atoms with van der Waals surface area (Å²) in [4.78, 5) is 22.4. The quantitative estimate of drug-likeness (QED) is 0.736. The van der Waals surface area contributed by atoms with Gasteiger partial charge in [-0.1, -0.05) is 0 Å². The van der Waals surface area contributed by atoms with Crippen LogP contribution < -0.4 is 0 Å². The second kappa shape index (κ2) is 5.01. The molecule has 0 radical (unpaired) electrons. The zero-order chi connectivity index (χ0) is 14.1. The van der Waals surface area contributed by atoms with Gasteiger partial charge in [0.05, 0.1) is 6.54 Å². The highest BCUT2D eigenvalue weighted by molar-refractivity contribution is 7.09. The molecule has 0 aliphatic heterocycles. The van der Waals surface area contributed by atoms with Crippen LogP contribution in [0, 0.1) is 6.92 Å².